The van der Waals surface area contributed by atoms with Crippen molar-refractivity contribution in [2.75, 3.05) is 0 Å². The molecule has 0 aliphatic rings. The molecule has 17 heavy (non-hydrogen) atoms. The summed E-state index contributed by atoms with van der Waals surface area (Å²) in [6.07, 6.45) is 2.49. The number of carbonyl (C=O) groups excluding carboxylic acids is 1. The lowest BCUT2D eigenvalue weighted by Gasteiger charge is -2.04. The summed E-state index contributed by atoms with van der Waals surface area (Å²) in [5.74, 6) is 0.710. The minimum Gasteiger partial charge on any atom is -0.269 e. The maximum absolute atomic E-state index is 12.2. The van der Waals surface area contributed by atoms with Crippen LogP contribution in [-0.2, 0) is 6.42 Å². The van der Waals surface area contributed by atoms with E-state index in [1.54, 1.807) is 35.0 Å². The van der Waals surface area contributed by atoms with Crippen molar-refractivity contribution < 1.29 is 4.79 Å². The van der Waals surface area contributed by atoms with E-state index in [2.05, 4.69) is 4.98 Å². The molecule has 1 aromatic carbocycles. The second kappa shape index (κ2) is 4.72. The highest BCUT2D eigenvalue weighted by Gasteiger charge is 2.13. The van der Waals surface area contributed by atoms with Crippen LogP contribution in [-0.4, -0.2) is 15.5 Å². The monoisotopic (exact) mass is 248 g/mol. The number of nitrogens with zero attached hydrogens (tertiary/aromatic N) is 2. The predicted octanol–water partition coefficient (Wildman–Crippen LogP) is 3.10. The van der Waals surface area contributed by atoms with Crippen molar-refractivity contribution in [3.63, 3.8) is 0 Å². The summed E-state index contributed by atoms with van der Waals surface area (Å²) in [5, 5.41) is 0.624. The Morgan fingerprint density at radius 2 is 2.00 bits per heavy atom. The van der Waals surface area contributed by atoms with Gasteiger partial charge in [0.05, 0.1) is 5.69 Å². The summed E-state index contributed by atoms with van der Waals surface area (Å²) < 4.78 is 1.60. The van der Waals surface area contributed by atoms with Crippen LogP contribution in [0.15, 0.2) is 30.5 Å². The van der Waals surface area contributed by atoms with Gasteiger partial charge in [-0.1, -0.05) is 18.5 Å². The van der Waals surface area contributed by atoms with Gasteiger partial charge < -0.3 is 0 Å². The number of benzene rings is 1. The van der Waals surface area contributed by atoms with Crippen molar-refractivity contribution in [3.8, 4) is 0 Å². The molecule has 1 aromatic heterocycles. The van der Waals surface area contributed by atoms with E-state index >= 15 is 0 Å². The summed E-state index contributed by atoms with van der Waals surface area (Å²) in [7, 11) is 0. The van der Waals surface area contributed by atoms with Crippen LogP contribution in [0.4, 0.5) is 0 Å². The molecule has 0 fully saturated rings. The van der Waals surface area contributed by atoms with Crippen LogP contribution in [0.2, 0.25) is 5.02 Å². The molecule has 0 radical (unpaired) electrons. The molecule has 0 amide bonds. The van der Waals surface area contributed by atoms with Crippen LogP contribution in [0.25, 0.3) is 0 Å². The Hall–Kier alpha value is -1.61. The number of halogens is 1. The Bertz CT molecular complexity index is 543. The van der Waals surface area contributed by atoms with Crippen LogP contribution in [0.3, 0.4) is 0 Å². The second-order valence-corrected chi connectivity index (χ2v) is 4.27. The van der Waals surface area contributed by atoms with Gasteiger partial charge in [0.15, 0.2) is 0 Å². The van der Waals surface area contributed by atoms with E-state index in [9.17, 15) is 4.79 Å². The first kappa shape index (κ1) is 11.9. The SMILES string of the molecule is CCc1nc(C)cn1C(=O)c1ccc(Cl)cc1. The highest BCUT2D eigenvalue weighted by atomic mass is 35.5. The second-order valence-electron chi connectivity index (χ2n) is 3.83. The molecule has 88 valence electrons. The average molecular weight is 249 g/mol. The molecule has 3 nitrogen and oxygen atoms in total. The van der Waals surface area contributed by atoms with Crippen LogP contribution in [0, 0.1) is 6.92 Å². The summed E-state index contributed by atoms with van der Waals surface area (Å²) in [5.41, 5.74) is 1.46. The van der Waals surface area contributed by atoms with Gasteiger partial charge in [0.1, 0.15) is 5.82 Å². The number of carbonyl (C=O) groups is 1. The van der Waals surface area contributed by atoms with Crippen LogP contribution < -0.4 is 0 Å². The van der Waals surface area contributed by atoms with E-state index in [0.29, 0.717) is 10.6 Å². The Morgan fingerprint density at radius 1 is 1.35 bits per heavy atom. The van der Waals surface area contributed by atoms with E-state index in [4.69, 9.17) is 11.6 Å². The van der Waals surface area contributed by atoms with Gasteiger partial charge in [0.2, 0.25) is 0 Å². The third-order valence-electron chi connectivity index (χ3n) is 2.53. The van der Waals surface area contributed by atoms with Crippen molar-refractivity contribution in [2.24, 2.45) is 0 Å². The predicted molar refractivity (Wildman–Crippen MR) is 67.5 cm³/mol. The third-order valence-corrected chi connectivity index (χ3v) is 2.78. The first-order chi connectivity index (χ1) is 8.11. The first-order valence-electron chi connectivity index (χ1n) is 5.47. The highest BCUT2D eigenvalue weighted by molar-refractivity contribution is 6.30. The molecule has 0 atom stereocenters. The number of imidazole rings is 1. The smallest absolute Gasteiger partial charge is 0.263 e. The molecule has 4 heteroatoms. The molecule has 2 rings (SSSR count). The lowest BCUT2D eigenvalue weighted by atomic mass is 10.2. The van der Waals surface area contributed by atoms with E-state index < -0.39 is 0 Å². The number of rotatable bonds is 2. The van der Waals surface area contributed by atoms with Crippen molar-refractivity contribution in [2.45, 2.75) is 20.3 Å². The number of hydrogen-bond acceptors (Lipinski definition) is 2. The Kier molecular flexibility index (Phi) is 3.29. The minimum atomic E-state index is -0.0703. The molecule has 0 unspecified atom stereocenters. The van der Waals surface area contributed by atoms with Crippen molar-refractivity contribution in [3.05, 3.63) is 52.6 Å². The van der Waals surface area contributed by atoms with Gasteiger partial charge in [-0.3, -0.25) is 9.36 Å². The van der Waals surface area contributed by atoms with Crippen molar-refractivity contribution in [1.29, 1.82) is 0 Å². The maximum atomic E-state index is 12.2. The maximum Gasteiger partial charge on any atom is 0.263 e. The molecule has 0 saturated heterocycles. The summed E-state index contributed by atoms with van der Waals surface area (Å²) in [6, 6.07) is 6.87. The highest BCUT2D eigenvalue weighted by Crippen LogP contribution is 2.12. The molecule has 0 aliphatic carbocycles. The van der Waals surface area contributed by atoms with Gasteiger partial charge in [-0.05, 0) is 31.2 Å². The summed E-state index contributed by atoms with van der Waals surface area (Å²) >= 11 is 5.79. The molecule has 2 aromatic rings. The molecule has 1 heterocycles. The minimum absolute atomic E-state index is 0.0703. The quantitative estimate of drug-likeness (QED) is 0.819. The van der Waals surface area contributed by atoms with Gasteiger partial charge in [0.25, 0.3) is 5.91 Å². The Labute approximate surface area is 105 Å². The summed E-state index contributed by atoms with van der Waals surface area (Å²) in [6.45, 7) is 3.86. The molecule has 0 N–H and O–H groups in total. The van der Waals surface area contributed by atoms with E-state index in [0.717, 1.165) is 17.9 Å². The van der Waals surface area contributed by atoms with E-state index in [1.807, 2.05) is 13.8 Å². The van der Waals surface area contributed by atoms with Gasteiger partial charge in [-0.2, -0.15) is 0 Å². The molecule has 0 bridgehead atoms. The first-order valence-corrected chi connectivity index (χ1v) is 5.84. The van der Waals surface area contributed by atoms with Gasteiger partial charge in [-0.15, -0.1) is 0 Å². The van der Waals surface area contributed by atoms with Crippen molar-refractivity contribution >= 4 is 17.5 Å². The lowest BCUT2D eigenvalue weighted by molar-refractivity contribution is 0.0956. The molecule has 0 spiro atoms. The molecule has 0 saturated carbocycles. The molecular weight excluding hydrogens is 236 g/mol. The fourth-order valence-corrected chi connectivity index (χ4v) is 1.83. The summed E-state index contributed by atoms with van der Waals surface area (Å²) in [4.78, 5) is 16.5. The zero-order valence-electron chi connectivity index (χ0n) is 9.77. The van der Waals surface area contributed by atoms with E-state index in [1.165, 1.54) is 0 Å². The zero-order chi connectivity index (χ0) is 12.4. The average Bonchev–Trinajstić information content (AvgIpc) is 2.70. The number of aryl methyl sites for hydroxylation is 2. The third kappa shape index (κ3) is 2.39. The zero-order valence-corrected chi connectivity index (χ0v) is 10.5. The lowest BCUT2D eigenvalue weighted by Crippen LogP contribution is -2.13. The van der Waals surface area contributed by atoms with Gasteiger partial charge >= 0.3 is 0 Å². The fraction of sp³-hybridized carbons (Fsp3) is 0.231. The fourth-order valence-electron chi connectivity index (χ4n) is 1.70. The number of aromatic nitrogens is 2. The van der Waals surface area contributed by atoms with Crippen molar-refractivity contribution in [1.82, 2.24) is 9.55 Å². The number of hydrogen-bond donors (Lipinski definition) is 0. The van der Waals surface area contributed by atoms with Crippen LogP contribution >= 0.6 is 11.6 Å². The van der Waals surface area contributed by atoms with Gasteiger partial charge in [-0.25, -0.2) is 4.98 Å². The topological polar surface area (TPSA) is 34.9 Å². The van der Waals surface area contributed by atoms with Crippen LogP contribution in [0.1, 0.15) is 28.8 Å². The van der Waals surface area contributed by atoms with Crippen LogP contribution in [0.5, 0.6) is 0 Å². The Morgan fingerprint density at radius 3 is 2.59 bits per heavy atom. The molecule has 0 aliphatic heterocycles. The molecular formula is C13H13ClN2O. The Balaban J connectivity index is 2.39. The normalized spacial score (nSPS) is 10.5. The van der Waals surface area contributed by atoms with Gasteiger partial charge in [0, 0.05) is 23.2 Å². The standard InChI is InChI=1S/C13H13ClN2O/c1-3-12-15-9(2)8-16(12)13(17)10-4-6-11(14)7-5-10/h4-8H,3H2,1-2H3. The van der Waals surface area contributed by atoms with E-state index in [-0.39, 0.29) is 5.91 Å². The largest absolute Gasteiger partial charge is 0.269 e.